The average Bonchev–Trinajstić information content (AvgIpc) is 2.74. The zero-order valence-electron chi connectivity index (χ0n) is 13.4. The first kappa shape index (κ1) is 15.5. The van der Waals surface area contributed by atoms with Crippen LogP contribution < -0.4 is 5.32 Å². The van der Waals surface area contributed by atoms with Gasteiger partial charge < -0.3 is 5.32 Å². The van der Waals surface area contributed by atoms with Crippen LogP contribution in [-0.4, -0.2) is 35.1 Å². The highest BCUT2D eigenvalue weighted by atomic mass is 15.2. The third-order valence-corrected chi connectivity index (χ3v) is 4.75. The molecule has 1 aliphatic carbocycles. The molecular formula is C17H29N3. The Morgan fingerprint density at radius 2 is 2.00 bits per heavy atom. The van der Waals surface area contributed by atoms with E-state index in [0.717, 1.165) is 19.6 Å². The van der Waals surface area contributed by atoms with E-state index in [2.05, 4.69) is 55.0 Å². The van der Waals surface area contributed by atoms with Gasteiger partial charge in [-0.2, -0.15) is 0 Å². The van der Waals surface area contributed by atoms with Gasteiger partial charge in [-0.3, -0.25) is 9.88 Å². The van der Waals surface area contributed by atoms with E-state index < -0.39 is 0 Å². The molecule has 0 amide bonds. The van der Waals surface area contributed by atoms with Crippen LogP contribution in [0.4, 0.5) is 0 Å². The van der Waals surface area contributed by atoms with Crippen LogP contribution in [0, 0.1) is 5.41 Å². The van der Waals surface area contributed by atoms with E-state index in [1.165, 1.54) is 18.4 Å². The van der Waals surface area contributed by atoms with Crippen molar-refractivity contribution in [3.05, 3.63) is 30.1 Å². The van der Waals surface area contributed by atoms with Crippen LogP contribution in [-0.2, 0) is 6.54 Å². The molecule has 0 aliphatic heterocycles. The lowest BCUT2D eigenvalue weighted by Crippen LogP contribution is -2.51. The maximum Gasteiger partial charge on any atom is 0.0274 e. The summed E-state index contributed by atoms with van der Waals surface area (Å²) in [7, 11) is 0. The van der Waals surface area contributed by atoms with Crippen molar-refractivity contribution in [2.45, 2.75) is 59.2 Å². The van der Waals surface area contributed by atoms with Crippen LogP contribution in [0.25, 0.3) is 0 Å². The number of likely N-dealkylation sites (N-methyl/N-ethyl adjacent to an activating group) is 2. The molecule has 1 fully saturated rings. The molecule has 1 aromatic heterocycles. The molecule has 0 saturated heterocycles. The second-order valence-corrected chi connectivity index (χ2v) is 6.55. The number of nitrogens with zero attached hydrogens (tertiary/aromatic N) is 2. The van der Waals surface area contributed by atoms with Gasteiger partial charge in [0.25, 0.3) is 0 Å². The normalized spacial score (nSPS) is 25.2. The van der Waals surface area contributed by atoms with Crippen LogP contribution in [0.15, 0.2) is 24.5 Å². The van der Waals surface area contributed by atoms with Gasteiger partial charge in [-0.1, -0.05) is 27.7 Å². The molecule has 1 saturated carbocycles. The summed E-state index contributed by atoms with van der Waals surface area (Å²) in [6, 6.07) is 5.49. The summed E-state index contributed by atoms with van der Waals surface area (Å²) < 4.78 is 0. The lowest BCUT2D eigenvalue weighted by molar-refractivity contribution is 0.144. The lowest BCUT2D eigenvalue weighted by Gasteiger charge is -2.37. The molecule has 1 N–H and O–H groups in total. The Balaban J connectivity index is 2.10. The van der Waals surface area contributed by atoms with E-state index in [-0.39, 0.29) is 0 Å². The standard InChI is InChI=1S/C17H29N3/c1-5-19-16-15(7-10-17(16,3)4)20(6-2)13-14-8-11-18-12-9-14/h8-9,11-12,15-16,19H,5-7,10,13H2,1-4H3. The van der Waals surface area contributed by atoms with Gasteiger partial charge in [0.05, 0.1) is 0 Å². The van der Waals surface area contributed by atoms with Crippen LogP contribution in [0.3, 0.4) is 0 Å². The molecule has 2 rings (SSSR count). The maximum atomic E-state index is 4.11. The fourth-order valence-corrected chi connectivity index (χ4v) is 3.57. The van der Waals surface area contributed by atoms with Gasteiger partial charge in [0, 0.05) is 31.0 Å². The minimum absolute atomic E-state index is 0.395. The SMILES string of the molecule is CCNC1C(N(CC)Cc2ccncc2)CCC1(C)C. The van der Waals surface area contributed by atoms with E-state index in [0.29, 0.717) is 17.5 Å². The Kier molecular flexibility index (Phi) is 5.17. The third-order valence-electron chi connectivity index (χ3n) is 4.75. The van der Waals surface area contributed by atoms with Crippen molar-refractivity contribution in [1.82, 2.24) is 15.2 Å². The smallest absolute Gasteiger partial charge is 0.0274 e. The van der Waals surface area contributed by atoms with Gasteiger partial charge in [0.15, 0.2) is 0 Å². The molecule has 1 heterocycles. The Morgan fingerprint density at radius 1 is 1.30 bits per heavy atom. The molecule has 3 heteroatoms. The summed E-state index contributed by atoms with van der Waals surface area (Å²) in [5, 5.41) is 3.73. The summed E-state index contributed by atoms with van der Waals surface area (Å²) >= 11 is 0. The summed E-state index contributed by atoms with van der Waals surface area (Å²) in [5.41, 5.74) is 1.76. The van der Waals surface area contributed by atoms with Crippen molar-refractivity contribution in [1.29, 1.82) is 0 Å². The average molecular weight is 275 g/mol. The molecular weight excluding hydrogens is 246 g/mol. The van der Waals surface area contributed by atoms with E-state index >= 15 is 0 Å². The third kappa shape index (κ3) is 3.39. The Hall–Kier alpha value is -0.930. The van der Waals surface area contributed by atoms with Crippen LogP contribution >= 0.6 is 0 Å². The van der Waals surface area contributed by atoms with Gasteiger partial charge >= 0.3 is 0 Å². The molecule has 2 unspecified atom stereocenters. The summed E-state index contributed by atoms with van der Waals surface area (Å²) in [5.74, 6) is 0. The number of hydrogen-bond acceptors (Lipinski definition) is 3. The zero-order valence-corrected chi connectivity index (χ0v) is 13.4. The topological polar surface area (TPSA) is 28.2 Å². The second kappa shape index (κ2) is 6.68. The monoisotopic (exact) mass is 275 g/mol. The molecule has 0 aromatic carbocycles. The largest absolute Gasteiger partial charge is 0.312 e. The highest BCUT2D eigenvalue weighted by Crippen LogP contribution is 2.40. The van der Waals surface area contributed by atoms with Crippen molar-refractivity contribution in [3.8, 4) is 0 Å². The van der Waals surface area contributed by atoms with E-state index in [4.69, 9.17) is 0 Å². The molecule has 112 valence electrons. The van der Waals surface area contributed by atoms with Gasteiger partial charge in [0.1, 0.15) is 0 Å². The summed E-state index contributed by atoms with van der Waals surface area (Å²) in [6.45, 7) is 12.5. The molecule has 1 aliphatic rings. The van der Waals surface area contributed by atoms with Gasteiger partial charge in [-0.25, -0.2) is 0 Å². The highest BCUT2D eigenvalue weighted by molar-refractivity contribution is 5.11. The Morgan fingerprint density at radius 3 is 2.60 bits per heavy atom. The van der Waals surface area contributed by atoms with Gasteiger partial charge in [-0.05, 0) is 49.0 Å². The molecule has 1 aromatic rings. The first-order valence-electron chi connectivity index (χ1n) is 7.94. The second-order valence-electron chi connectivity index (χ2n) is 6.55. The molecule has 3 nitrogen and oxygen atoms in total. The van der Waals surface area contributed by atoms with Crippen molar-refractivity contribution in [2.24, 2.45) is 5.41 Å². The maximum absolute atomic E-state index is 4.11. The molecule has 0 bridgehead atoms. The molecule has 2 atom stereocenters. The van der Waals surface area contributed by atoms with E-state index in [9.17, 15) is 0 Å². The first-order chi connectivity index (χ1) is 9.58. The Bertz CT molecular complexity index is 402. The number of rotatable bonds is 6. The van der Waals surface area contributed by atoms with Gasteiger partial charge in [0.2, 0.25) is 0 Å². The zero-order chi connectivity index (χ0) is 14.6. The van der Waals surface area contributed by atoms with Gasteiger partial charge in [-0.15, -0.1) is 0 Å². The van der Waals surface area contributed by atoms with Crippen molar-refractivity contribution < 1.29 is 0 Å². The number of hydrogen-bond donors (Lipinski definition) is 1. The van der Waals surface area contributed by atoms with E-state index in [1.54, 1.807) is 0 Å². The first-order valence-corrected chi connectivity index (χ1v) is 7.94. The molecule has 0 spiro atoms. The van der Waals surface area contributed by atoms with Crippen molar-refractivity contribution >= 4 is 0 Å². The van der Waals surface area contributed by atoms with Crippen LogP contribution in [0.5, 0.6) is 0 Å². The van der Waals surface area contributed by atoms with Crippen LogP contribution in [0.1, 0.15) is 46.1 Å². The fraction of sp³-hybridized carbons (Fsp3) is 0.706. The predicted molar refractivity (Wildman–Crippen MR) is 84.6 cm³/mol. The fourth-order valence-electron chi connectivity index (χ4n) is 3.57. The number of pyridine rings is 1. The molecule has 0 radical (unpaired) electrons. The summed E-state index contributed by atoms with van der Waals surface area (Å²) in [6.07, 6.45) is 6.39. The Labute approximate surface area is 123 Å². The predicted octanol–water partition coefficient (Wildman–Crippen LogP) is 3.07. The number of nitrogens with one attached hydrogen (secondary N) is 1. The minimum atomic E-state index is 0.395. The minimum Gasteiger partial charge on any atom is -0.312 e. The van der Waals surface area contributed by atoms with Crippen LogP contribution in [0.2, 0.25) is 0 Å². The lowest BCUT2D eigenvalue weighted by atomic mass is 9.86. The highest BCUT2D eigenvalue weighted by Gasteiger charge is 2.43. The van der Waals surface area contributed by atoms with Crippen molar-refractivity contribution in [2.75, 3.05) is 13.1 Å². The van der Waals surface area contributed by atoms with Crippen molar-refractivity contribution in [3.63, 3.8) is 0 Å². The number of aromatic nitrogens is 1. The van der Waals surface area contributed by atoms with E-state index in [1.807, 2.05) is 12.4 Å². The molecule has 20 heavy (non-hydrogen) atoms. The quantitative estimate of drug-likeness (QED) is 0.865. The summed E-state index contributed by atoms with van der Waals surface area (Å²) in [4.78, 5) is 6.74.